The molecule has 1 amide bonds. The second kappa shape index (κ2) is 7.46. The van der Waals surface area contributed by atoms with Gasteiger partial charge in [-0.2, -0.15) is 0 Å². The van der Waals surface area contributed by atoms with Crippen molar-refractivity contribution in [3.8, 4) is 5.75 Å². The van der Waals surface area contributed by atoms with Gasteiger partial charge in [0, 0.05) is 12.6 Å². The summed E-state index contributed by atoms with van der Waals surface area (Å²) in [6.45, 7) is 8.61. The first-order chi connectivity index (χ1) is 10.1. The van der Waals surface area contributed by atoms with Crippen molar-refractivity contribution in [2.24, 2.45) is 5.92 Å². The molecule has 0 aromatic heterocycles. The average Bonchev–Trinajstić information content (AvgIpc) is 2.44. The molecule has 116 valence electrons. The van der Waals surface area contributed by atoms with Crippen LogP contribution in [0.2, 0.25) is 0 Å². The number of carbonyl (C=O) groups is 1. The van der Waals surface area contributed by atoms with Crippen molar-refractivity contribution in [3.63, 3.8) is 0 Å². The van der Waals surface area contributed by atoms with Crippen LogP contribution < -0.4 is 15.4 Å². The van der Waals surface area contributed by atoms with Gasteiger partial charge in [0.05, 0.1) is 13.0 Å². The predicted octanol–water partition coefficient (Wildman–Crippen LogP) is 2.19. The van der Waals surface area contributed by atoms with Crippen molar-refractivity contribution >= 4 is 5.91 Å². The Morgan fingerprint density at radius 3 is 2.95 bits per heavy atom. The lowest BCUT2D eigenvalue weighted by molar-refractivity contribution is -0.122. The van der Waals surface area contributed by atoms with E-state index >= 15 is 0 Å². The van der Waals surface area contributed by atoms with E-state index in [2.05, 4.69) is 30.5 Å². The third-order valence-electron chi connectivity index (χ3n) is 4.09. The monoisotopic (exact) mass is 290 g/mol. The highest BCUT2D eigenvalue weighted by atomic mass is 16.5. The van der Waals surface area contributed by atoms with Crippen LogP contribution in [0.3, 0.4) is 0 Å². The Balaban J connectivity index is 1.73. The minimum absolute atomic E-state index is 0.0697. The highest BCUT2D eigenvalue weighted by Crippen LogP contribution is 2.18. The lowest BCUT2D eigenvalue weighted by Gasteiger charge is -2.30. The lowest BCUT2D eigenvalue weighted by atomic mass is 9.95. The van der Waals surface area contributed by atoms with Crippen LogP contribution in [0.25, 0.3) is 0 Å². The summed E-state index contributed by atoms with van der Waals surface area (Å²) in [6, 6.07) is 6.32. The molecule has 0 aliphatic carbocycles. The second-order valence-electron chi connectivity index (χ2n) is 6.01. The fourth-order valence-corrected chi connectivity index (χ4v) is 2.68. The Hall–Kier alpha value is -1.55. The molecule has 1 aliphatic rings. The summed E-state index contributed by atoms with van der Waals surface area (Å²) < 4.78 is 5.70. The fraction of sp³-hybridized carbons (Fsp3) is 0.588. The minimum Gasteiger partial charge on any atom is -0.493 e. The molecule has 2 rings (SSSR count). The largest absolute Gasteiger partial charge is 0.493 e. The zero-order chi connectivity index (χ0) is 15.2. The SMILES string of the molecule is Cc1ccc(OCCC(=O)NC2CNCCC2C)c(C)c1. The van der Waals surface area contributed by atoms with Crippen molar-refractivity contribution < 1.29 is 9.53 Å². The Morgan fingerprint density at radius 2 is 2.24 bits per heavy atom. The molecule has 1 aromatic carbocycles. The van der Waals surface area contributed by atoms with E-state index in [1.807, 2.05) is 19.1 Å². The zero-order valence-electron chi connectivity index (χ0n) is 13.2. The molecule has 4 nitrogen and oxygen atoms in total. The van der Waals surface area contributed by atoms with Crippen LogP contribution in [0.4, 0.5) is 0 Å². The molecule has 21 heavy (non-hydrogen) atoms. The maximum absolute atomic E-state index is 12.0. The van der Waals surface area contributed by atoms with Crippen LogP contribution >= 0.6 is 0 Å². The average molecular weight is 290 g/mol. The van der Waals surface area contributed by atoms with Gasteiger partial charge in [-0.15, -0.1) is 0 Å². The highest BCUT2D eigenvalue weighted by Gasteiger charge is 2.22. The molecule has 2 unspecified atom stereocenters. The van der Waals surface area contributed by atoms with Crippen LogP contribution in [0.1, 0.15) is 30.9 Å². The maximum Gasteiger partial charge on any atom is 0.223 e. The summed E-state index contributed by atoms with van der Waals surface area (Å²) in [6.07, 6.45) is 1.51. The van der Waals surface area contributed by atoms with E-state index in [1.165, 1.54) is 5.56 Å². The fourth-order valence-electron chi connectivity index (χ4n) is 2.68. The topological polar surface area (TPSA) is 50.4 Å². The number of hydrogen-bond acceptors (Lipinski definition) is 3. The zero-order valence-corrected chi connectivity index (χ0v) is 13.2. The molecule has 0 radical (unpaired) electrons. The quantitative estimate of drug-likeness (QED) is 0.874. The minimum atomic E-state index is 0.0697. The molecule has 0 bridgehead atoms. The summed E-state index contributed by atoms with van der Waals surface area (Å²) in [5.74, 6) is 1.47. The summed E-state index contributed by atoms with van der Waals surface area (Å²) in [7, 11) is 0. The molecular formula is C17H26N2O2. The molecule has 2 N–H and O–H groups in total. The Morgan fingerprint density at radius 1 is 1.43 bits per heavy atom. The van der Waals surface area contributed by atoms with Gasteiger partial charge in [0.2, 0.25) is 5.91 Å². The lowest BCUT2D eigenvalue weighted by Crippen LogP contribution is -2.50. The molecule has 2 atom stereocenters. The van der Waals surface area contributed by atoms with Crippen molar-refractivity contribution in [3.05, 3.63) is 29.3 Å². The van der Waals surface area contributed by atoms with Crippen LogP contribution in [-0.4, -0.2) is 31.6 Å². The Bertz CT molecular complexity index is 488. The predicted molar refractivity (Wildman–Crippen MR) is 84.6 cm³/mol. The van der Waals surface area contributed by atoms with Crippen molar-refractivity contribution in [1.29, 1.82) is 0 Å². The summed E-state index contributed by atoms with van der Waals surface area (Å²) in [4.78, 5) is 12.0. The van der Waals surface area contributed by atoms with Gasteiger partial charge in [0.1, 0.15) is 5.75 Å². The van der Waals surface area contributed by atoms with E-state index in [1.54, 1.807) is 0 Å². The van der Waals surface area contributed by atoms with E-state index in [0.717, 1.165) is 30.8 Å². The smallest absolute Gasteiger partial charge is 0.223 e. The van der Waals surface area contributed by atoms with Crippen LogP contribution in [-0.2, 0) is 4.79 Å². The van der Waals surface area contributed by atoms with E-state index < -0.39 is 0 Å². The molecule has 1 heterocycles. The van der Waals surface area contributed by atoms with Gasteiger partial charge in [-0.05, 0) is 44.4 Å². The van der Waals surface area contributed by atoms with Gasteiger partial charge in [0.25, 0.3) is 0 Å². The molecule has 0 spiro atoms. The highest BCUT2D eigenvalue weighted by molar-refractivity contribution is 5.76. The molecule has 0 saturated carbocycles. The van der Waals surface area contributed by atoms with Crippen molar-refractivity contribution in [2.75, 3.05) is 19.7 Å². The third kappa shape index (κ3) is 4.74. The van der Waals surface area contributed by atoms with E-state index in [9.17, 15) is 4.79 Å². The number of amides is 1. The molecule has 1 aliphatic heterocycles. The summed E-state index contributed by atoms with van der Waals surface area (Å²) in [5.41, 5.74) is 2.33. The van der Waals surface area contributed by atoms with Gasteiger partial charge < -0.3 is 15.4 Å². The maximum atomic E-state index is 12.0. The van der Waals surface area contributed by atoms with Gasteiger partial charge in [-0.3, -0.25) is 4.79 Å². The number of aryl methyl sites for hydroxylation is 2. The van der Waals surface area contributed by atoms with Crippen molar-refractivity contribution in [1.82, 2.24) is 10.6 Å². The van der Waals surface area contributed by atoms with Gasteiger partial charge in [-0.25, -0.2) is 0 Å². The van der Waals surface area contributed by atoms with E-state index in [4.69, 9.17) is 4.74 Å². The molecule has 1 saturated heterocycles. The number of rotatable bonds is 5. The number of carbonyl (C=O) groups excluding carboxylic acids is 1. The summed E-state index contributed by atoms with van der Waals surface area (Å²) >= 11 is 0. The molecule has 4 heteroatoms. The first-order valence-electron chi connectivity index (χ1n) is 7.76. The van der Waals surface area contributed by atoms with Gasteiger partial charge >= 0.3 is 0 Å². The van der Waals surface area contributed by atoms with Gasteiger partial charge in [-0.1, -0.05) is 24.6 Å². The van der Waals surface area contributed by atoms with Crippen molar-refractivity contribution in [2.45, 2.75) is 39.7 Å². The molecule has 1 fully saturated rings. The molecular weight excluding hydrogens is 264 g/mol. The van der Waals surface area contributed by atoms with E-state index in [-0.39, 0.29) is 11.9 Å². The Kier molecular flexibility index (Phi) is 5.62. The van der Waals surface area contributed by atoms with E-state index in [0.29, 0.717) is 18.9 Å². The first-order valence-corrected chi connectivity index (χ1v) is 7.76. The summed E-state index contributed by atoms with van der Waals surface area (Å²) in [5, 5.41) is 6.42. The second-order valence-corrected chi connectivity index (χ2v) is 6.01. The van der Waals surface area contributed by atoms with Gasteiger partial charge in [0.15, 0.2) is 0 Å². The van der Waals surface area contributed by atoms with Crippen LogP contribution in [0, 0.1) is 19.8 Å². The number of benzene rings is 1. The number of piperidine rings is 1. The normalized spacial score (nSPS) is 21.9. The number of hydrogen-bond donors (Lipinski definition) is 2. The van der Waals surface area contributed by atoms with Crippen LogP contribution in [0.5, 0.6) is 5.75 Å². The Labute approximate surface area is 127 Å². The number of ether oxygens (including phenoxy) is 1. The third-order valence-corrected chi connectivity index (χ3v) is 4.09. The van der Waals surface area contributed by atoms with Crippen LogP contribution in [0.15, 0.2) is 18.2 Å². The standard InChI is InChI=1S/C17H26N2O2/c1-12-4-5-16(14(3)10-12)21-9-7-17(20)19-15-11-18-8-6-13(15)2/h4-5,10,13,15,18H,6-9,11H2,1-3H3,(H,19,20). The molecule has 1 aromatic rings. The first kappa shape index (κ1) is 15.8. The number of nitrogens with one attached hydrogen (secondary N) is 2.